The van der Waals surface area contributed by atoms with Gasteiger partial charge >= 0.3 is 97.2 Å². The van der Waals surface area contributed by atoms with Gasteiger partial charge in [-0.05, 0) is 0 Å². The van der Waals surface area contributed by atoms with Gasteiger partial charge in [0, 0.05) is 0 Å². The summed E-state index contributed by atoms with van der Waals surface area (Å²) in [6.45, 7) is 0. The van der Waals surface area contributed by atoms with E-state index in [0.717, 1.165) is 24.8 Å². The number of hydrogen-bond acceptors (Lipinski definition) is 24. The Morgan fingerprint density at radius 2 is 0.154 bits per heavy atom. The fourth-order valence-corrected chi connectivity index (χ4v) is 11.5. The van der Waals surface area contributed by atoms with Crippen molar-refractivity contribution in [3.63, 3.8) is 0 Å². The number of rotatable bonds is 12. The maximum atomic E-state index is 11.4. The molecule has 0 aliphatic carbocycles. The largest absolute Gasteiger partial charge is 3.00 e. The van der Waals surface area contributed by atoms with Crippen LogP contribution in [0.3, 0.4) is 0 Å². The zero-order valence-corrected chi connectivity index (χ0v) is 51.4. The predicted octanol–water partition coefficient (Wildman–Crippen LogP) is 6.36. The third kappa shape index (κ3) is 32.1. The average Bonchev–Trinajstić information content (AvgIpc) is 3.11. The summed E-state index contributed by atoms with van der Waals surface area (Å²) in [7, 11) is -80.7. The molecule has 0 spiro atoms. The minimum absolute atomic E-state index is 0. The predicted molar refractivity (Wildman–Crippen MR) is 200 cm³/mol. The van der Waals surface area contributed by atoms with Gasteiger partial charge < -0.3 is 24.8 Å². The molecule has 0 aromatic rings. The Kier molecular flexibility index (Phi) is 33.9. The number of nitrogens with zero attached hydrogens (tertiary/aromatic N) is 6. The molecule has 553 valence electrons. The van der Waals surface area contributed by atoms with Crippen LogP contribution in [-0.2, 0) is 120 Å². The standard InChI is InChI=1S/6C2F6NO4S2.U/c6*3-1(4,5)14(10,11)9-15(12,13)2(6,7)8;/q6*-1;+3. The molecule has 0 saturated carbocycles. The van der Waals surface area contributed by atoms with Crippen molar-refractivity contribution in [3.8, 4) is 0 Å². The molecule has 0 aromatic heterocycles. The van der Waals surface area contributed by atoms with Crippen LogP contribution < -0.4 is 0 Å². The first kappa shape index (κ1) is 102. The van der Waals surface area contributed by atoms with Gasteiger partial charge in [0.05, 0.1) is 0 Å². The molecule has 30 nitrogen and oxygen atoms in total. The van der Waals surface area contributed by atoms with E-state index in [9.17, 15) is 259 Å². The Morgan fingerprint density at radius 1 is 0.121 bits per heavy atom. The molecule has 0 saturated heterocycles. The van der Waals surface area contributed by atoms with Crippen molar-refractivity contribution in [2.75, 3.05) is 0 Å². The van der Waals surface area contributed by atoms with Crippen LogP contribution in [0.15, 0.2) is 0 Å². The minimum atomic E-state index is -6.72. The van der Waals surface area contributed by atoms with Crippen LogP contribution >= 0.6 is 0 Å². The molecule has 0 rings (SSSR count). The van der Waals surface area contributed by atoms with Crippen LogP contribution in [0.2, 0.25) is 0 Å². The molecule has 0 aromatic carbocycles. The second kappa shape index (κ2) is 30.2. The van der Waals surface area contributed by atoms with Gasteiger partial charge in [-0.25, -0.2) is 101 Å². The molecular weight excluding hydrogens is 1920 g/mol. The maximum Gasteiger partial charge on any atom is 3.00 e. The van der Waals surface area contributed by atoms with E-state index < -0.39 is 186 Å². The fraction of sp³-hybridized carbons (Fsp3) is 1.00. The van der Waals surface area contributed by atoms with Crippen molar-refractivity contribution < 1.29 is 290 Å². The van der Waals surface area contributed by atoms with Crippen molar-refractivity contribution in [3.05, 3.63) is 24.8 Å². The maximum absolute atomic E-state index is 11.4. The van der Waals surface area contributed by atoms with Gasteiger partial charge in [0.15, 0.2) is 120 Å². The fourth-order valence-electron chi connectivity index (χ4n) is 1.28. The van der Waals surface area contributed by atoms with Crippen LogP contribution in [0.25, 0.3) is 24.8 Å². The van der Waals surface area contributed by atoms with Crippen LogP contribution in [0.5, 0.6) is 0 Å². The molecule has 91 heavy (non-hydrogen) atoms. The summed E-state index contributed by atoms with van der Waals surface area (Å²) in [5.74, 6) is 0. The molecule has 0 N–H and O–H groups in total. The third-order valence-corrected chi connectivity index (χ3v) is 21.1. The second-order valence-electron chi connectivity index (χ2n) is 11.5. The van der Waals surface area contributed by atoms with E-state index in [1.165, 1.54) is 0 Å². The summed E-state index contributed by atoms with van der Waals surface area (Å²) < 4.78 is 655. The molecule has 0 fully saturated rings. The van der Waals surface area contributed by atoms with E-state index in [4.69, 9.17) is 0 Å². The Morgan fingerprint density at radius 3 is 0.176 bits per heavy atom. The normalized spacial score (nSPS) is 15.2. The van der Waals surface area contributed by atoms with Crippen molar-refractivity contribution in [1.29, 1.82) is 0 Å². The number of sulfonamides is 12. The second-order valence-corrected chi connectivity index (χ2v) is 32.0. The smallest absolute Gasteiger partial charge is 0.421 e. The first-order valence-corrected chi connectivity index (χ1v) is 32.7. The first-order valence-electron chi connectivity index (χ1n) is 15.4. The van der Waals surface area contributed by atoms with Crippen LogP contribution in [-0.4, -0.2) is 167 Å². The van der Waals surface area contributed by atoms with Crippen LogP contribution in [0.4, 0.5) is 158 Å². The summed E-state index contributed by atoms with van der Waals surface area (Å²) >= 11 is 0. The molecule has 0 atom stereocenters. The van der Waals surface area contributed by atoms with Gasteiger partial charge in [-0.3, -0.25) is 0 Å². The monoisotopic (exact) mass is 1920 g/mol. The zero-order chi connectivity index (χ0) is 76.2. The van der Waals surface area contributed by atoms with Crippen molar-refractivity contribution in [2.45, 2.75) is 66.1 Å². The topological polar surface area (TPSA) is 494 Å². The van der Waals surface area contributed by atoms with E-state index in [1.54, 1.807) is 0 Å². The van der Waals surface area contributed by atoms with Crippen molar-refractivity contribution >= 4 is 120 Å². The molecule has 0 unspecified atom stereocenters. The molecule has 0 aliphatic rings. The van der Waals surface area contributed by atoms with Gasteiger partial charge in [0.2, 0.25) is 0 Å². The summed E-state index contributed by atoms with van der Waals surface area (Å²) in [6.07, 6.45) is 0. The third-order valence-electron chi connectivity index (χ3n) is 4.69. The quantitative estimate of drug-likeness (QED) is 0.192. The molecular formula is C12F36N6O24S12U-3. The Hall–Kier alpha value is -2.31. The molecule has 0 heterocycles. The number of hydrogen-bond donors (Lipinski definition) is 0. The molecule has 0 amide bonds. The van der Waals surface area contributed by atoms with Gasteiger partial charge in [-0.15, -0.1) is 0 Å². The van der Waals surface area contributed by atoms with E-state index >= 15 is 0 Å². The summed E-state index contributed by atoms with van der Waals surface area (Å²) in [5, 5.41) is 0. The first-order chi connectivity index (χ1) is 37.2. The SMILES string of the molecule is O=S(=O)([N-]S(=O)(=O)C(F)(F)F)C(F)(F)F.O=S(=O)([N-]S(=O)(=O)C(F)(F)F)C(F)(F)F.O=S(=O)([N-]S(=O)(=O)C(F)(F)F)C(F)(F)F.O=S(=O)([N-]S(=O)(=O)C(F)(F)F)C(F)(F)F.O=S(=O)([N-]S(=O)(=O)C(F)(F)F)C(F)(F)F.O=S(=O)([N-]S(=O)(=O)C(F)(F)F)C(F)(F)F.[U+3]. The van der Waals surface area contributed by atoms with Crippen LogP contribution in [0.1, 0.15) is 0 Å². The summed E-state index contributed by atoms with van der Waals surface area (Å²) in [4.78, 5) is 0. The Labute approximate surface area is 498 Å². The minimum Gasteiger partial charge on any atom is -0.421 e. The molecule has 1 radical (unpaired) electrons. The molecule has 79 heteroatoms. The van der Waals surface area contributed by atoms with Crippen molar-refractivity contribution in [1.82, 2.24) is 0 Å². The van der Waals surface area contributed by atoms with E-state index in [0.29, 0.717) is 0 Å². The number of alkyl halides is 36. The number of halogens is 36. The van der Waals surface area contributed by atoms with E-state index in [-0.39, 0.29) is 31.1 Å². The van der Waals surface area contributed by atoms with E-state index in [2.05, 4.69) is 0 Å². The molecule has 0 aliphatic heterocycles. The van der Waals surface area contributed by atoms with Gasteiger partial charge in [0.1, 0.15) is 0 Å². The Balaban J connectivity index is -0.000000186. The van der Waals surface area contributed by atoms with Crippen molar-refractivity contribution in [2.24, 2.45) is 0 Å². The van der Waals surface area contributed by atoms with Gasteiger partial charge in [0.25, 0.3) is 0 Å². The van der Waals surface area contributed by atoms with E-state index in [1.807, 2.05) is 0 Å². The Bertz CT molecular complexity index is 2980. The zero-order valence-electron chi connectivity index (χ0n) is 37.5. The van der Waals surface area contributed by atoms with Crippen LogP contribution in [0, 0.1) is 31.1 Å². The average molecular weight is 1920 g/mol. The van der Waals surface area contributed by atoms with Gasteiger partial charge in [-0.2, -0.15) is 158 Å². The molecule has 0 bridgehead atoms. The van der Waals surface area contributed by atoms with Gasteiger partial charge in [-0.1, -0.05) is 0 Å². The summed E-state index contributed by atoms with van der Waals surface area (Å²) in [5.41, 5.74) is -74.4. The summed E-state index contributed by atoms with van der Waals surface area (Å²) in [6, 6.07) is 0.